The molecule has 4 heteroatoms. The first-order valence-electron chi connectivity index (χ1n) is 6.27. The maximum absolute atomic E-state index is 9.40. The number of benzene rings is 2. The number of ether oxygens (including phenoxy) is 1. The minimum absolute atomic E-state index is 0.659. The summed E-state index contributed by atoms with van der Waals surface area (Å²) in [5, 5.41) is 9.40. The number of rotatable bonds is 3. The Morgan fingerprint density at radius 2 is 1.71 bits per heavy atom. The van der Waals surface area contributed by atoms with E-state index in [9.17, 15) is 5.26 Å². The Hall–Kier alpha value is -1.07. The molecular formula is C17H13I2NO. The van der Waals surface area contributed by atoms with Gasteiger partial charge in [0.05, 0.1) is 25.9 Å². The summed E-state index contributed by atoms with van der Waals surface area (Å²) < 4.78 is 7.43. The van der Waals surface area contributed by atoms with E-state index in [0.717, 1.165) is 24.0 Å². The Morgan fingerprint density at radius 3 is 2.19 bits per heavy atom. The molecule has 0 aliphatic carbocycles. The van der Waals surface area contributed by atoms with Crippen molar-refractivity contribution in [2.45, 2.75) is 6.92 Å². The van der Waals surface area contributed by atoms with Crippen LogP contribution in [-0.2, 0) is 0 Å². The van der Waals surface area contributed by atoms with Gasteiger partial charge in [-0.15, -0.1) is 0 Å². The van der Waals surface area contributed by atoms with Crippen LogP contribution in [0.25, 0.3) is 11.6 Å². The van der Waals surface area contributed by atoms with Crippen LogP contribution in [0, 0.1) is 25.4 Å². The van der Waals surface area contributed by atoms with Gasteiger partial charge in [0.2, 0.25) is 0 Å². The van der Waals surface area contributed by atoms with Crippen LogP contribution in [0.1, 0.15) is 16.7 Å². The van der Waals surface area contributed by atoms with Crippen LogP contribution < -0.4 is 4.74 Å². The van der Waals surface area contributed by atoms with E-state index in [4.69, 9.17) is 4.74 Å². The van der Waals surface area contributed by atoms with Gasteiger partial charge < -0.3 is 4.74 Å². The van der Waals surface area contributed by atoms with Crippen molar-refractivity contribution in [1.29, 1.82) is 5.26 Å². The Balaban J connectivity index is 2.46. The number of hydrogen-bond donors (Lipinski definition) is 0. The smallest absolute Gasteiger partial charge is 0.145 e. The molecule has 0 fully saturated rings. The highest BCUT2D eigenvalue weighted by Crippen LogP contribution is 2.30. The van der Waals surface area contributed by atoms with Crippen LogP contribution in [-0.4, -0.2) is 7.11 Å². The van der Waals surface area contributed by atoms with Crippen LogP contribution in [0.4, 0.5) is 0 Å². The molecule has 0 radical (unpaired) electrons. The number of halogens is 2. The fourth-order valence-electron chi connectivity index (χ4n) is 1.94. The Labute approximate surface area is 152 Å². The molecule has 106 valence electrons. The van der Waals surface area contributed by atoms with Crippen molar-refractivity contribution in [3.05, 3.63) is 60.2 Å². The second-order valence-electron chi connectivity index (χ2n) is 4.55. The summed E-state index contributed by atoms with van der Waals surface area (Å²) in [5.74, 6) is 0.877. The van der Waals surface area contributed by atoms with Crippen LogP contribution in [0.3, 0.4) is 0 Å². The molecule has 0 saturated heterocycles. The number of allylic oxidation sites excluding steroid dienone is 1. The second-order valence-corrected chi connectivity index (χ2v) is 6.88. The van der Waals surface area contributed by atoms with E-state index in [1.54, 1.807) is 7.11 Å². The highest BCUT2D eigenvalue weighted by Gasteiger charge is 2.08. The van der Waals surface area contributed by atoms with E-state index in [1.807, 2.05) is 49.4 Å². The lowest BCUT2D eigenvalue weighted by molar-refractivity contribution is 0.409. The summed E-state index contributed by atoms with van der Waals surface area (Å²) in [5.41, 5.74) is 3.78. The van der Waals surface area contributed by atoms with Gasteiger partial charge in [-0.05, 0) is 81.4 Å². The molecule has 2 nitrogen and oxygen atoms in total. The maximum atomic E-state index is 9.40. The van der Waals surface area contributed by atoms with Crippen LogP contribution in [0.5, 0.6) is 5.75 Å². The maximum Gasteiger partial charge on any atom is 0.145 e. The van der Waals surface area contributed by atoms with Crippen molar-refractivity contribution in [3.8, 4) is 11.8 Å². The molecule has 0 aliphatic heterocycles. The summed E-state index contributed by atoms with van der Waals surface area (Å²) in [7, 11) is 1.67. The lowest BCUT2D eigenvalue weighted by Gasteiger charge is -2.08. The van der Waals surface area contributed by atoms with E-state index < -0.39 is 0 Å². The molecular weight excluding hydrogens is 488 g/mol. The first-order valence-corrected chi connectivity index (χ1v) is 8.42. The van der Waals surface area contributed by atoms with Gasteiger partial charge in [-0.3, -0.25) is 0 Å². The van der Waals surface area contributed by atoms with Crippen LogP contribution in [0.2, 0.25) is 0 Å². The van der Waals surface area contributed by atoms with Crippen molar-refractivity contribution < 1.29 is 4.74 Å². The topological polar surface area (TPSA) is 33.0 Å². The molecule has 2 aromatic rings. The van der Waals surface area contributed by atoms with E-state index in [-0.39, 0.29) is 0 Å². The van der Waals surface area contributed by atoms with E-state index >= 15 is 0 Å². The van der Waals surface area contributed by atoms with Gasteiger partial charge in [0.1, 0.15) is 5.75 Å². The van der Waals surface area contributed by atoms with Gasteiger partial charge in [0.25, 0.3) is 0 Å². The molecule has 0 aromatic heterocycles. The van der Waals surface area contributed by atoms with E-state index in [2.05, 4.69) is 51.3 Å². The van der Waals surface area contributed by atoms with Crippen LogP contribution in [0.15, 0.2) is 36.4 Å². The Kier molecular flexibility index (Phi) is 5.65. The third kappa shape index (κ3) is 3.98. The second kappa shape index (κ2) is 7.27. The van der Waals surface area contributed by atoms with Crippen molar-refractivity contribution in [1.82, 2.24) is 0 Å². The minimum Gasteiger partial charge on any atom is -0.495 e. The summed E-state index contributed by atoms with van der Waals surface area (Å²) >= 11 is 4.50. The van der Waals surface area contributed by atoms with E-state index in [0.29, 0.717) is 5.57 Å². The van der Waals surface area contributed by atoms with Crippen LogP contribution >= 0.6 is 45.2 Å². The molecule has 0 atom stereocenters. The molecule has 0 N–H and O–H groups in total. The molecule has 0 heterocycles. The summed E-state index contributed by atoms with van der Waals surface area (Å²) in [6.45, 7) is 2.04. The van der Waals surface area contributed by atoms with Gasteiger partial charge >= 0.3 is 0 Å². The van der Waals surface area contributed by atoms with Gasteiger partial charge in [-0.25, -0.2) is 0 Å². The summed E-state index contributed by atoms with van der Waals surface area (Å²) in [4.78, 5) is 0. The number of aryl methyl sites for hydroxylation is 1. The molecule has 2 rings (SSSR count). The lowest BCUT2D eigenvalue weighted by atomic mass is 10.0. The van der Waals surface area contributed by atoms with Gasteiger partial charge in [-0.2, -0.15) is 5.26 Å². The third-order valence-electron chi connectivity index (χ3n) is 3.02. The van der Waals surface area contributed by atoms with Gasteiger partial charge in [0.15, 0.2) is 0 Å². The molecule has 0 spiro atoms. The van der Waals surface area contributed by atoms with Crippen molar-refractivity contribution >= 4 is 56.8 Å². The minimum atomic E-state index is 0.659. The normalized spacial score (nSPS) is 11.1. The SMILES string of the molecule is COc1c(I)cc(/C=C(/C#N)c2ccc(C)cc2)cc1I. The zero-order valence-electron chi connectivity index (χ0n) is 11.7. The fourth-order valence-corrected chi connectivity index (χ4v) is 4.19. The monoisotopic (exact) mass is 501 g/mol. The third-order valence-corrected chi connectivity index (χ3v) is 4.62. The molecule has 0 saturated carbocycles. The highest BCUT2D eigenvalue weighted by atomic mass is 127. The average Bonchev–Trinajstić information content (AvgIpc) is 2.45. The number of methoxy groups -OCH3 is 1. The number of nitriles is 1. The molecule has 0 bridgehead atoms. The molecule has 0 amide bonds. The first kappa shape index (κ1) is 16.3. The Bertz CT molecular complexity index is 704. The zero-order chi connectivity index (χ0) is 15.4. The molecule has 21 heavy (non-hydrogen) atoms. The van der Waals surface area contributed by atoms with Crippen molar-refractivity contribution in [2.24, 2.45) is 0 Å². The molecule has 0 unspecified atom stereocenters. The molecule has 2 aromatic carbocycles. The van der Waals surface area contributed by atoms with Gasteiger partial charge in [-0.1, -0.05) is 29.8 Å². The zero-order valence-corrected chi connectivity index (χ0v) is 16.0. The number of hydrogen-bond acceptors (Lipinski definition) is 2. The quantitative estimate of drug-likeness (QED) is 0.326. The summed E-state index contributed by atoms with van der Waals surface area (Å²) in [6, 6.07) is 14.3. The predicted molar refractivity (Wildman–Crippen MR) is 103 cm³/mol. The number of nitrogens with zero attached hydrogens (tertiary/aromatic N) is 1. The molecule has 0 aliphatic rings. The summed E-state index contributed by atoms with van der Waals surface area (Å²) in [6.07, 6.45) is 1.91. The fraction of sp³-hybridized carbons (Fsp3) is 0.118. The lowest BCUT2D eigenvalue weighted by Crippen LogP contribution is -1.92. The largest absolute Gasteiger partial charge is 0.495 e. The first-order chi connectivity index (χ1) is 10.0. The Morgan fingerprint density at radius 1 is 1.14 bits per heavy atom. The van der Waals surface area contributed by atoms with Gasteiger partial charge in [0, 0.05) is 0 Å². The van der Waals surface area contributed by atoms with Crippen molar-refractivity contribution in [3.63, 3.8) is 0 Å². The predicted octanol–water partition coefficient (Wildman–Crippen LogP) is 5.28. The van der Waals surface area contributed by atoms with Crippen molar-refractivity contribution in [2.75, 3.05) is 7.11 Å². The highest BCUT2D eigenvalue weighted by molar-refractivity contribution is 14.1. The standard InChI is InChI=1S/C17H13I2NO/c1-11-3-5-13(6-4-11)14(10-20)7-12-8-15(18)17(21-2)16(19)9-12/h3-9H,1-2H3/b14-7-. The van der Waals surface area contributed by atoms with E-state index in [1.165, 1.54) is 5.56 Å². The average molecular weight is 501 g/mol.